The summed E-state index contributed by atoms with van der Waals surface area (Å²) >= 11 is 0. The number of nitrogens with zero attached hydrogens (tertiary/aromatic N) is 2. The van der Waals surface area contributed by atoms with Crippen LogP contribution in [0, 0.1) is 5.82 Å². The number of benzene rings is 1. The zero-order valence-corrected chi connectivity index (χ0v) is 10.7. The SMILES string of the molecule is CN(C)S(=O)(=O)N1CCCc2cc(F)ccc21. The predicted octanol–water partition coefficient (Wildman–Crippen LogP) is 1.38. The van der Waals surface area contributed by atoms with Gasteiger partial charge in [0.05, 0.1) is 5.69 Å². The van der Waals surface area contributed by atoms with Crippen molar-refractivity contribution in [3.8, 4) is 0 Å². The minimum absolute atomic E-state index is 0.326. The van der Waals surface area contributed by atoms with Crippen molar-refractivity contribution in [2.75, 3.05) is 24.9 Å². The van der Waals surface area contributed by atoms with Crippen LogP contribution in [0.1, 0.15) is 12.0 Å². The molecule has 17 heavy (non-hydrogen) atoms. The second-order valence-corrected chi connectivity index (χ2v) is 6.31. The highest BCUT2D eigenvalue weighted by molar-refractivity contribution is 7.90. The average Bonchev–Trinajstić information content (AvgIpc) is 2.27. The largest absolute Gasteiger partial charge is 0.303 e. The highest BCUT2D eigenvalue weighted by Gasteiger charge is 2.29. The van der Waals surface area contributed by atoms with Gasteiger partial charge in [-0.25, -0.2) is 4.39 Å². The maximum atomic E-state index is 13.1. The lowest BCUT2D eigenvalue weighted by molar-refractivity contribution is 0.512. The van der Waals surface area contributed by atoms with E-state index in [1.54, 1.807) is 0 Å². The van der Waals surface area contributed by atoms with Gasteiger partial charge in [0.25, 0.3) is 0 Å². The molecule has 0 radical (unpaired) electrons. The molecule has 6 heteroatoms. The minimum atomic E-state index is -3.48. The molecule has 0 aromatic heterocycles. The van der Waals surface area contributed by atoms with E-state index in [-0.39, 0.29) is 5.82 Å². The number of hydrogen-bond donors (Lipinski definition) is 0. The molecule has 0 N–H and O–H groups in total. The van der Waals surface area contributed by atoms with Gasteiger partial charge in [-0.15, -0.1) is 0 Å². The summed E-state index contributed by atoms with van der Waals surface area (Å²) in [7, 11) is -0.496. The zero-order chi connectivity index (χ0) is 12.6. The van der Waals surface area contributed by atoms with Crippen LogP contribution < -0.4 is 4.31 Å². The van der Waals surface area contributed by atoms with E-state index in [0.29, 0.717) is 25.1 Å². The van der Waals surface area contributed by atoms with Gasteiger partial charge in [0.1, 0.15) is 5.82 Å². The van der Waals surface area contributed by atoms with Crippen LogP contribution in [0.2, 0.25) is 0 Å². The molecule has 1 aliphatic heterocycles. The fourth-order valence-electron chi connectivity index (χ4n) is 1.97. The molecule has 0 amide bonds. The molecule has 4 nitrogen and oxygen atoms in total. The van der Waals surface area contributed by atoms with Crippen LogP contribution in [0.3, 0.4) is 0 Å². The van der Waals surface area contributed by atoms with Crippen LogP contribution in [0.5, 0.6) is 0 Å². The highest BCUT2D eigenvalue weighted by atomic mass is 32.2. The monoisotopic (exact) mass is 258 g/mol. The number of rotatable bonds is 2. The first-order valence-electron chi connectivity index (χ1n) is 5.41. The molecule has 2 rings (SSSR count). The molecule has 0 fully saturated rings. The third kappa shape index (κ3) is 2.14. The van der Waals surface area contributed by atoms with Crippen LogP contribution in [-0.2, 0) is 16.6 Å². The second kappa shape index (κ2) is 4.27. The van der Waals surface area contributed by atoms with Gasteiger partial charge in [-0.3, -0.25) is 4.31 Å². The summed E-state index contributed by atoms with van der Waals surface area (Å²) < 4.78 is 39.8. The summed E-state index contributed by atoms with van der Waals surface area (Å²) in [6.45, 7) is 0.444. The molecule has 0 atom stereocenters. The van der Waals surface area contributed by atoms with E-state index in [1.165, 1.54) is 40.9 Å². The Labute approximate surface area is 101 Å². The number of fused-ring (bicyclic) bond motifs is 1. The quantitative estimate of drug-likeness (QED) is 0.804. The van der Waals surface area contributed by atoms with E-state index >= 15 is 0 Å². The topological polar surface area (TPSA) is 40.6 Å². The van der Waals surface area contributed by atoms with Crippen molar-refractivity contribution < 1.29 is 12.8 Å². The number of aryl methyl sites for hydroxylation is 1. The molecule has 0 bridgehead atoms. The van der Waals surface area contributed by atoms with Gasteiger partial charge in [0.15, 0.2) is 0 Å². The molecule has 1 aromatic carbocycles. The molecule has 0 aliphatic carbocycles. The van der Waals surface area contributed by atoms with Crippen molar-refractivity contribution in [1.29, 1.82) is 0 Å². The van der Waals surface area contributed by atoms with E-state index in [1.807, 2.05) is 0 Å². The van der Waals surface area contributed by atoms with Crippen LogP contribution >= 0.6 is 0 Å². The van der Waals surface area contributed by atoms with Crippen LogP contribution in [-0.4, -0.2) is 33.4 Å². The molecule has 0 spiro atoms. The number of halogens is 1. The van der Waals surface area contributed by atoms with E-state index < -0.39 is 10.2 Å². The maximum absolute atomic E-state index is 13.1. The molecule has 0 saturated heterocycles. The fraction of sp³-hybridized carbons (Fsp3) is 0.455. The van der Waals surface area contributed by atoms with Gasteiger partial charge in [-0.1, -0.05) is 0 Å². The molecule has 0 saturated carbocycles. The van der Waals surface area contributed by atoms with Crippen molar-refractivity contribution in [3.05, 3.63) is 29.6 Å². The summed E-state index contributed by atoms with van der Waals surface area (Å²) in [6, 6.07) is 4.24. The van der Waals surface area contributed by atoms with Gasteiger partial charge >= 0.3 is 10.2 Å². The van der Waals surface area contributed by atoms with Crippen molar-refractivity contribution >= 4 is 15.9 Å². The average molecular weight is 258 g/mol. The Bertz CT molecular complexity index is 528. The van der Waals surface area contributed by atoms with Gasteiger partial charge in [-0.2, -0.15) is 12.7 Å². The Morgan fingerprint density at radius 3 is 2.71 bits per heavy atom. The van der Waals surface area contributed by atoms with Crippen molar-refractivity contribution in [2.45, 2.75) is 12.8 Å². The summed E-state index contributed by atoms with van der Waals surface area (Å²) in [4.78, 5) is 0. The molecular formula is C11H15FN2O2S. The first-order chi connectivity index (χ1) is 7.93. The molecule has 94 valence electrons. The Balaban J connectivity index is 2.49. The standard InChI is InChI=1S/C11H15FN2O2S/c1-13(2)17(15,16)14-7-3-4-9-8-10(12)5-6-11(9)14/h5-6,8H,3-4,7H2,1-2H3. The van der Waals surface area contributed by atoms with Gasteiger partial charge in [0.2, 0.25) is 0 Å². The summed E-state index contributed by atoms with van der Waals surface area (Å²) in [5, 5.41) is 0. The Hall–Kier alpha value is -1.14. The molecule has 0 unspecified atom stereocenters. The first-order valence-corrected chi connectivity index (χ1v) is 6.81. The Morgan fingerprint density at radius 1 is 1.35 bits per heavy atom. The van der Waals surface area contributed by atoms with E-state index in [2.05, 4.69) is 0 Å². The fourth-order valence-corrected chi connectivity index (χ4v) is 3.15. The van der Waals surface area contributed by atoms with Gasteiger partial charge < -0.3 is 0 Å². The lowest BCUT2D eigenvalue weighted by Crippen LogP contribution is -2.42. The van der Waals surface area contributed by atoms with Crippen LogP contribution in [0.15, 0.2) is 18.2 Å². The minimum Gasteiger partial charge on any atom is -0.257 e. The smallest absolute Gasteiger partial charge is 0.257 e. The number of anilines is 1. The summed E-state index contributed by atoms with van der Waals surface area (Å²) in [5.41, 5.74) is 1.34. The first kappa shape index (κ1) is 12.3. The second-order valence-electron chi connectivity index (χ2n) is 4.24. The normalized spacial score (nSPS) is 16.1. The Morgan fingerprint density at radius 2 is 2.06 bits per heavy atom. The third-order valence-electron chi connectivity index (χ3n) is 2.86. The van der Waals surface area contributed by atoms with Crippen molar-refractivity contribution in [2.24, 2.45) is 0 Å². The lowest BCUT2D eigenvalue weighted by Gasteiger charge is -2.32. The van der Waals surface area contributed by atoms with Crippen LogP contribution in [0.25, 0.3) is 0 Å². The molecule has 1 aromatic rings. The Kier molecular flexibility index (Phi) is 3.09. The van der Waals surface area contributed by atoms with Crippen molar-refractivity contribution in [3.63, 3.8) is 0 Å². The van der Waals surface area contributed by atoms with E-state index in [0.717, 1.165) is 5.56 Å². The summed E-state index contributed by atoms with van der Waals surface area (Å²) in [6.07, 6.45) is 1.43. The van der Waals surface area contributed by atoms with E-state index in [4.69, 9.17) is 0 Å². The van der Waals surface area contributed by atoms with Crippen molar-refractivity contribution in [1.82, 2.24) is 4.31 Å². The summed E-state index contributed by atoms with van der Waals surface area (Å²) in [5.74, 6) is -0.326. The van der Waals surface area contributed by atoms with Gasteiger partial charge in [0, 0.05) is 20.6 Å². The van der Waals surface area contributed by atoms with E-state index in [9.17, 15) is 12.8 Å². The zero-order valence-electron chi connectivity index (χ0n) is 9.85. The molecular weight excluding hydrogens is 243 g/mol. The highest BCUT2D eigenvalue weighted by Crippen LogP contribution is 2.30. The molecule has 1 aliphatic rings. The lowest BCUT2D eigenvalue weighted by atomic mass is 10.0. The van der Waals surface area contributed by atoms with Crippen LogP contribution in [0.4, 0.5) is 10.1 Å². The molecule has 1 heterocycles. The third-order valence-corrected chi connectivity index (χ3v) is 4.72. The van der Waals surface area contributed by atoms with Gasteiger partial charge in [-0.05, 0) is 36.6 Å². The number of hydrogen-bond acceptors (Lipinski definition) is 2. The maximum Gasteiger partial charge on any atom is 0.303 e. The predicted molar refractivity (Wildman–Crippen MR) is 64.7 cm³/mol.